The predicted molar refractivity (Wildman–Crippen MR) is 92.9 cm³/mol. The first-order valence-corrected chi connectivity index (χ1v) is 8.48. The standard InChI is InChI=1S/C18H14ClN5O2/c19-10-3-1-4-11(7-10)24-9-13(22-23-24)16-12(8-20)18(21)26-15-6-2-5-14(25)17(15)16/h1,3-4,7,9,16H,2,5-6,21H2. The number of Topliss-reactive ketones (excluding diaryl/α,β-unsaturated/α-hetero) is 1. The fourth-order valence-corrected chi connectivity index (χ4v) is 3.49. The molecule has 2 heterocycles. The summed E-state index contributed by atoms with van der Waals surface area (Å²) in [4.78, 5) is 12.5. The zero-order valence-corrected chi connectivity index (χ0v) is 14.4. The third-order valence-corrected chi connectivity index (χ3v) is 4.72. The Bertz CT molecular complexity index is 1010. The van der Waals surface area contributed by atoms with E-state index in [2.05, 4.69) is 16.4 Å². The van der Waals surface area contributed by atoms with Gasteiger partial charge in [0.05, 0.1) is 23.5 Å². The molecule has 0 amide bonds. The number of ketones is 1. The number of nitriles is 1. The van der Waals surface area contributed by atoms with Crippen molar-refractivity contribution in [2.45, 2.75) is 25.2 Å². The van der Waals surface area contributed by atoms with E-state index in [1.165, 1.54) is 0 Å². The van der Waals surface area contributed by atoms with Crippen LogP contribution in [0.25, 0.3) is 5.69 Å². The lowest BCUT2D eigenvalue weighted by molar-refractivity contribution is -0.116. The highest BCUT2D eigenvalue weighted by molar-refractivity contribution is 6.30. The number of ether oxygens (including phenoxy) is 1. The van der Waals surface area contributed by atoms with Gasteiger partial charge < -0.3 is 10.5 Å². The third kappa shape index (κ3) is 2.65. The molecule has 1 aromatic heterocycles. The van der Waals surface area contributed by atoms with Gasteiger partial charge in [0.15, 0.2) is 5.78 Å². The van der Waals surface area contributed by atoms with Crippen molar-refractivity contribution in [1.29, 1.82) is 5.26 Å². The van der Waals surface area contributed by atoms with Gasteiger partial charge in [-0.1, -0.05) is 22.9 Å². The number of hydrogen-bond acceptors (Lipinski definition) is 6. The smallest absolute Gasteiger partial charge is 0.205 e. The fraction of sp³-hybridized carbons (Fsp3) is 0.222. The van der Waals surface area contributed by atoms with Gasteiger partial charge in [0.25, 0.3) is 0 Å². The molecule has 0 spiro atoms. The molecule has 1 aliphatic heterocycles. The van der Waals surface area contributed by atoms with Crippen LogP contribution >= 0.6 is 11.6 Å². The van der Waals surface area contributed by atoms with E-state index >= 15 is 0 Å². The van der Waals surface area contributed by atoms with Gasteiger partial charge in [-0.2, -0.15) is 5.26 Å². The summed E-state index contributed by atoms with van der Waals surface area (Å²) in [6.45, 7) is 0. The van der Waals surface area contributed by atoms with Crippen molar-refractivity contribution in [2.24, 2.45) is 5.73 Å². The Balaban J connectivity index is 1.82. The molecule has 2 aliphatic rings. The highest BCUT2D eigenvalue weighted by Gasteiger charge is 2.39. The second-order valence-electron chi connectivity index (χ2n) is 6.11. The third-order valence-electron chi connectivity index (χ3n) is 4.48. The maximum absolute atomic E-state index is 12.5. The summed E-state index contributed by atoms with van der Waals surface area (Å²) in [5.74, 6) is -0.165. The summed E-state index contributed by atoms with van der Waals surface area (Å²) in [6.07, 6.45) is 3.41. The van der Waals surface area contributed by atoms with Crippen LogP contribution in [0.1, 0.15) is 30.9 Å². The molecule has 0 bridgehead atoms. The second-order valence-corrected chi connectivity index (χ2v) is 6.54. The molecule has 1 atom stereocenters. The molecule has 0 fully saturated rings. The van der Waals surface area contributed by atoms with Gasteiger partial charge in [0.2, 0.25) is 5.88 Å². The average Bonchev–Trinajstić information content (AvgIpc) is 3.10. The van der Waals surface area contributed by atoms with E-state index in [0.29, 0.717) is 41.3 Å². The molecule has 1 aromatic carbocycles. The van der Waals surface area contributed by atoms with Crippen LogP contribution in [0.4, 0.5) is 0 Å². The lowest BCUT2D eigenvalue weighted by Gasteiger charge is -2.29. The molecule has 4 rings (SSSR count). The zero-order chi connectivity index (χ0) is 18.3. The number of benzene rings is 1. The van der Waals surface area contributed by atoms with E-state index in [1.807, 2.05) is 6.07 Å². The normalized spacial score (nSPS) is 19.8. The molecular formula is C18H14ClN5O2. The molecule has 1 unspecified atom stereocenters. The highest BCUT2D eigenvalue weighted by atomic mass is 35.5. The molecular weight excluding hydrogens is 354 g/mol. The SMILES string of the molecule is N#CC1=C(N)OC2=C(C(=O)CCC2)C1c1cn(-c2cccc(Cl)c2)nn1. The molecule has 130 valence electrons. The van der Waals surface area contributed by atoms with Gasteiger partial charge in [-0.05, 0) is 24.6 Å². The molecule has 1 aliphatic carbocycles. The van der Waals surface area contributed by atoms with Gasteiger partial charge in [-0.15, -0.1) is 5.10 Å². The van der Waals surface area contributed by atoms with E-state index in [-0.39, 0.29) is 17.2 Å². The lowest BCUT2D eigenvalue weighted by atomic mass is 9.80. The molecule has 0 saturated heterocycles. The van der Waals surface area contributed by atoms with Crippen LogP contribution < -0.4 is 5.73 Å². The first kappa shape index (κ1) is 16.4. The predicted octanol–water partition coefficient (Wildman–Crippen LogP) is 2.74. The number of carbonyl (C=O) groups is 1. The van der Waals surface area contributed by atoms with Crippen LogP contribution in [0.2, 0.25) is 5.02 Å². The minimum atomic E-state index is -0.663. The number of rotatable bonds is 2. The summed E-state index contributed by atoms with van der Waals surface area (Å²) < 4.78 is 7.10. The van der Waals surface area contributed by atoms with Crippen molar-refractivity contribution in [3.05, 3.63) is 64.0 Å². The van der Waals surface area contributed by atoms with Crippen molar-refractivity contribution in [3.63, 3.8) is 0 Å². The molecule has 8 heteroatoms. The van der Waals surface area contributed by atoms with Crippen molar-refractivity contribution in [3.8, 4) is 11.8 Å². The summed E-state index contributed by atoms with van der Waals surface area (Å²) in [7, 11) is 0. The lowest BCUT2D eigenvalue weighted by Crippen LogP contribution is -2.27. The Hall–Kier alpha value is -3.11. The van der Waals surface area contributed by atoms with Crippen LogP contribution in [0.5, 0.6) is 0 Å². The maximum atomic E-state index is 12.5. The second kappa shape index (κ2) is 6.32. The van der Waals surface area contributed by atoms with Crippen LogP contribution in [-0.2, 0) is 9.53 Å². The molecule has 26 heavy (non-hydrogen) atoms. The quantitative estimate of drug-likeness (QED) is 0.874. The first-order chi connectivity index (χ1) is 12.6. The monoisotopic (exact) mass is 367 g/mol. The van der Waals surface area contributed by atoms with Gasteiger partial charge in [-0.25, -0.2) is 4.68 Å². The van der Waals surface area contributed by atoms with Crippen LogP contribution in [0.15, 0.2) is 53.3 Å². The Morgan fingerprint density at radius 3 is 3.00 bits per heavy atom. The molecule has 2 N–H and O–H groups in total. The number of carbonyl (C=O) groups excluding carboxylic acids is 1. The number of hydrogen-bond donors (Lipinski definition) is 1. The van der Waals surface area contributed by atoms with E-state index in [9.17, 15) is 10.1 Å². The number of allylic oxidation sites excluding steroid dienone is 3. The fourth-order valence-electron chi connectivity index (χ4n) is 3.31. The summed E-state index contributed by atoms with van der Waals surface area (Å²) in [5, 5.41) is 18.4. The largest absolute Gasteiger partial charge is 0.444 e. The van der Waals surface area contributed by atoms with E-state index in [0.717, 1.165) is 5.69 Å². The highest BCUT2D eigenvalue weighted by Crippen LogP contribution is 2.42. The number of nitrogens with two attached hydrogens (primary N) is 1. The van der Waals surface area contributed by atoms with Crippen molar-refractivity contribution in [1.82, 2.24) is 15.0 Å². The van der Waals surface area contributed by atoms with Crippen LogP contribution in [-0.4, -0.2) is 20.8 Å². The minimum absolute atomic E-state index is 0.0169. The van der Waals surface area contributed by atoms with Gasteiger partial charge in [0.1, 0.15) is 17.4 Å². The maximum Gasteiger partial charge on any atom is 0.205 e. The topological polar surface area (TPSA) is 107 Å². The van der Waals surface area contributed by atoms with Crippen molar-refractivity contribution in [2.75, 3.05) is 0 Å². The van der Waals surface area contributed by atoms with Gasteiger partial charge in [0, 0.05) is 23.4 Å². The van der Waals surface area contributed by atoms with Crippen LogP contribution in [0, 0.1) is 11.3 Å². The molecule has 0 radical (unpaired) electrons. The van der Waals surface area contributed by atoms with E-state index < -0.39 is 5.92 Å². The number of halogens is 1. The summed E-state index contributed by atoms with van der Waals surface area (Å²) in [6, 6.07) is 9.20. The molecule has 7 nitrogen and oxygen atoms in total. The van der Waals surface area contributed by atoms with E-state index in [4.69, 9.17) is 22.1 Å². The Labute approximate surface area is 154 Å². The summed E-state index contributed by atoms with van der Waals surface area (Å²) >= 11 is 6.03. The summed E-state index contributed by atoms with van der Waals surface area (Å²) in [5.41, 5.74) is 7.75. The van der Waals surface area contributed by atoms with Crippen molar-refractivity contribution < 1.29 is 9.53 Å². The molecule has 0 saturated carbocycles. The van der Waals surface area contributed by atoms with Crippen molar-refractivity contribution >= 4 is 17.4 Å². The Morgan fingerprint density at radius 2 is 2.23 bits per heavy atom. The average molecular weight is 368 g/mol. The number of nitrogens with zero attached hydrogens (tertiary/aromatic N) is 4. The van der Waals surface area contributed by atoms with E-state index in [1.54, 1.807) is 29.1 Å². The number of aromatic nitrogens is 3. The Kier molecular flexibility index (Phi) is 3.98. The zero-order valence-electron chi connectivity index (χ0n) is 13.6. The van der Waals surface area contributed by atoms with Crippen LogP contribution in [0.3, 0.4) is 0 Å². The first-order valence-electron chi connectivity index (χ1n) is 8.10. The van der Waals surface area contributed by atoms with Gasteiger partial charge >= 0.3 is 0 Å². The minimum Gasteiger partial charge on any atom is -0.444 e. The molecule has 2 aromatic rings. The Morgan fingerprint density at radius 1 is 1.38 bits per heavy atom. The van der Waals surface area contributed by atoms with Gasteiger partial charge in [-0.3, -0.25) is 4.79 Å².